The minimum absolute atomic E-state index is 0.00101. The van der Waals surface area contributed by atoms with E-state index >= 15 is 0 Å². The number of benzene rings is 1. The van der Waals surface area contributed by atoms with Gasteiger partial charge in [-0.1, -0.05) is 12.1 Å². The Labute approximate surface area is 130 Å². The van der Waals surface area contributed by atoms with Crippen molar-refractivity contribution < 1.29 is 19.4 Å². The van der Waals surface area contributed by atoms with Gasteiger partial charge in [0.1, 0.15) is 12.4 Å². The summed E-state index contributed by atoms with van der Waals surface area (Å²) in [7, 11) is 0. The topological polar surface area (TPSA) is 93.8 Å². The number of carbonyl (C=O) groups is 1. The van der Waals surface area contributed by atoms with Gasteiger partial charge in [0.2, 0.25) is 5.91 Å². The van der Waals surface area contributed by atoms with E-state index < -0.39 is 5.41 Å². The van der Waals surface area contributed by atoms with Gasteiger partial charge in [0.05, 0.1) is 12.0 Å². The molecule has 1 aromatic carbocycles. The number of aliphatic hydroxyl groups excluding tert-OH is 1. The highest BCUT2D eigenvalue weighted by Crippen LogP contribution is 2.29. The Morgan fingerprint density at radius 1 is 1.32 bits per heavy atom. The zero-order chi connectivity index (χ0) is 15.8. The van der Waals surface area contributed by atoms with E-state index in [1.165, 1.54) is 0 Å². The molecule has 0 atom stereocenters. The molecule has 1 heterocycles. The van der Waals surface area contributed by atoms with Gasteiger partial charge in [-0.25, -0.2) is 0 Å². The van der Waals surface area contributed by atoms with Gasteiger partial charge >= 0.3 is 0 Å². The third kappa shape index (κ3) is 4.19. The molecule has 122 valence electrons. The van der Waals surface area contributed by atoms with Crippen LogP contribution in [-0.4, -0.2) is 44.0 Å². The van der Waals surface area contributed by atoms with Gasteiger partial charge in [-0.15, -0.1) is 0 Å². The quantitative estimate of drug-likeness (QED) is 0.679. The fourth-order valence-corrected chi connectivity index (χ4v) is 2.52. The highest BCUT2D eigenvalue weighted by atomic mass is 16.5. The van der Waals surface area contributed by atoms with Gasteiger partial charge in [0.25, 0.3) is 0 Å². The van der Waals surface area contributed by atoms with Crippen LogP contribution in [0.2, 0.25) is 0 Å². The van der Waals surface area contributed by atoms with Crippen molar-refractivity contribution in [2.45, 2.75) is 19.4 Å². The maximum atomic E-state index is 12.4. The minimum Gasteiger partial charge on any atom is -0.491 e. The van der Waals surface area contributed by atoms with Gasteiger partial charge in [0.15, 0.2) is 0 Å². The van der Waals surface area contributed by atoms with Crippen molar-refractivity contribution in [3.63, 3.8) is 0 Å². The molecule has 1 aliphatic heterocycles. The summed E-state index contributed by atoms with van der Waals surface area (Å²) in [6.07, 6.45) is 1.34. The van der Waals surface area contributed by atoms with Gasteiger partial charge in [0, 0.05) is 26.3 Å². The molecule has 0 aromatic heterocycles. The summed E-state index contributed by atoms with van der Waals surface area (Å²) in [5, 5.41) is 11.7. The number of nitrogens with one attached hydrogen (secondary N) is 1. The second-order valence-electron chi connectivity index (χ2n) is 5.50. The zero-order valence-corrected chi connectivity index (χ0v) is 12.7. The maximum absolute atomic E-state index is 12.4. The van der Waals surface area contributed by atoms with E-state index in [1.54, 1.807) is 0 Å². The van der Waals surface area contributed by atoms with Crippen molar-refractivity contribution in [3.05, 3.63) is 29.8 Å². The fourth-order valence-electron chi connectivity index (χ4n) is 2.52. The van der Waals surface area contributed by atoms with Crippen LogP contribution in [0.25, 0.3) is 0 Å². The number of hydrogen-bond acceptors (Lipinski definition) is 5. The van der Waals surface area contributed by atoms with E-state index in [4.69, 9.17) is 20.3 Å². The first-order chi connectivity index (χ1) is 10.7. The second-order valence-corrected chi connectivity index (χ2v) is 5.50. The number of hydrogen-bond donors (Lipinski definition) is 3. The molecule has 0 radical (unpaired) electrons. The number of nitrogens with two attached hydrogens (primary N) is 1. The third-order valence-corrected chi connectivity index (χ3v) is 4.06. The summed E-state index contributed by atoms with van der Waals surface area (Å²) in [5.74, 6) is 0.700. The first-order valence-corrected chi connectivity index (χ1v) is 7.59. The minimum atomic E-state index is -0.498. The Morgan fingerprint density at radius 3 is 2.59 bits per heavy atom. The van der Waals surface area contributed by atoms with E-state index in [1.807, 2.05) is 24.3 Å². The van der Waals surface area contributed by atoms with E-state index in [0.717, 1.165) is 5.56 Å². The molecule has 0 unspecified atom stereocenters. The highest BCUT2D eigenvalue weighted by molar-refractivity contribution is 5.83. The van der Waals surface area contributed by atoms with Gasteiger partial charge < -0.3 is 25.6 Å². The molecule has 1 aromatic rings. The number of rotatable bonds is 7. The molecule has 0 saturated carbocycles. The second kappa shape index (κ2) is 8.12. The lowest BCUT2D eigenvalue weighted by Crippen LogP contribution is -2.48. The molecule has 6 heteroatoms. The molecule has 1 fully saturated rings. The van der Waals surface area contributed by atoms with E-state index in [9.17, 15) is 4.79 Å². The smallest absolute Gasteiger partial charge is 0.227 e. The first kappa shape index (κ1) is 16.7. The summed E-state index contributed by atoms with van der Waals surface area (Å²) in [6, 6.07) is 7.44. The molecule has 0 spiro atoms. The highest BCUT2D eigenvalue weighted by Gasteiger charge is 2.38. The zero-order valence-electron chi connectivity index (χ0n) is 12.7. The molecule has 22 heavy (non-hydrogen) atoms. The van der Waals surface area contributed by atoms with Crippen LogP contribution in [0.3, 0.4) is 0 Å². The van der Waals surface area contributed by atoms with Gasteiger partial charge in [-0.2, -0.15) is 0 Å². The van der Waals surface area contributed by atoms with Gasteiger partial charge in [-0.05, 0) is 30.5 Å². The molecule has 1 aliphatic rings. The number of aliphatic hydroxyl groups is 1. The normalized spacial score (nSPS) is 17.0. The van der Waals surface area contributed by atoms with Crippen LogP contribution >= 0.6 is 0 Å². The lowest BCUT2D eigenvalue weighted by atomic mass is 9.79. The maximum Gasteiger partial charge on any atom is 0.227 e. The average Bonchev–Trinajstić information content (AvgIpc) is 2.59. The third-order valence-electron chi connectivity index (χ3n) is 4.06. The Hall–Kier alpha value is -1.63. The van der Waals surface area contributed by atoms with E-state index in [2.05, 4.69) is 5.32 Å². The van der Waals surface area contributed by atoms with Crippen LogP contribution < -0.4 is 15.8 Å². The van der Waals surface area contributed by atoms with E-state index in [0.29, 0.717) is 44.9 Å². The van der Waals surface area contributed by atoms with E-state index in [-0.39, 0.29) is 19.1 Å². The van der Waals surface area contributed by atoms with Crippen LogP contribution in [0.4, 0.5) is 0 Å². The number of ether oxygens (including phenoxy) is 2. The molecule has 0 bridgehead atoms. The molecule has 4 N–H and O–H groups in total. The summed E-state index contributed by atoms with van der Waals surface area (Å²) in [5.41, 5.74) is 6.31. The summed E-state index contributed by atoms with van der Waals surface area (Å²) >= 11 is 0. The predicted octanol–water partition coefficient (Wildman–Crippen LogP) is 0.429. The lowest BCUT2D eigenvalue weighted by Gasteiger charge is -2.34. The Kier molecular flexibility index (Phi) is 6.18. The molecule has 6 nitrogen and oxygen atoms in total. The van der Waals surface area contributed by atoms with Crippen LogP contribution in [0.5, 0.6) is 5.75 Å². The first-order valence-electron chi connectivity index (χ1n) is 7.59. The van der Waals surface area contributed by atoms with Crippen molar-refractivity contribution in [2.24, 2.45) is 11.1 Å². The largest absolute Gasteiger partial charge is 0.491 e. The Morgan fingerprint density at radius 2 is 2.00 bits per heavy atom. The van der Waals surface area contributed by atoms with Crippen LogP contribution in [0, 0.1) is 5.41 Å². The summed E-state index contributed by atoms with van der Waals surface area (Å²) in [4.78, 5) is 12.4. The van der Waals surface area contributed by atoms with Crippen molar-refractivity contribution in [1.29, 1.82) is 0 Å². The lowest BCUT2D eigenvalue weighted by molar-refractivity contribution is -0.136. The Bertz CT molecular complexity index is 470. The monoisotopic (exact) mass is 308 g/mol. The molecular weight excluding hydrogens is 284 g/mol. The van der Waals surface area contributed by atoms with Crippen molar-refractivity contribution in [3.8, 4) is 5.75 Å². The molecule has 1 amide bonds. The van der Waals surface area contributed by atoms with Crippen molar-refractivity contribution in [1.82, 2.24) is 5.32 Å². The van der Waals surface area contributed by atoms with Crippen LogP contribution in [0.1, 0.15) is 18.4 Å². The van der Waals surface area contributed by atoms with Crippen molar-refractivity contribution >= 4 is 5.91 Å². The fraction of sp³-hybridized carbons (Fsp3) is 0.562. The number of amides is 1. The molecule has 2 rings (SSSR count). The molecule has 1 saturated heterocycles. The number of carbonyl (C=O) groups excluding carboxylic acids is 1. The Balaban J connectivity index is 1.87. The average molecular weight is 308 g/mol. The summed E-state index contributed by atoms with van der Waals surface area (Å²) in [6.45, 7) is 2.24. The van der Waals surface area contributed by atoms with Crippen molar-refractivity contribution in [2.75, 3.05) is 33.0 Å². The predicted molar refractivity (Wildman–Crippen MR) is 82.4 cm³/mol. The van der Waals surface area contributed by atoms with Crippen LogP contribution in [0.15, 0.2) is 24.3 Å². The van der Waals surface area contributed by atoms with Gasteiger partial charge in [-0.3, -0.25) is 4.79 Å². The standard InChI is InChI=1S/C16H24N2O4/c17-12-16(5-8-21-9-6-16)15(20)18-11-13-1-3-14(4-2-13)22-10-7-19/h1-4,19H,5-12,17H2,(H,18,20). The molecular formula is C16H24N2O4. The SMILES string of the molecule is NCC1(C(=O)NCc2ccc(OCCO)cc2)CCOCC1. The van der Waals surface area contributed by atoms with Crippen LogP contribution in [-0.2, 0) is 16.1 Å². The summed E-state index contributed by atoms with van der Waals surface area (Å²) < 4.78 is 10.6. The molecule has 0 aliphatic carbocycles.